The molecule has 1 aromatic heterocycles. The smallest absolute Gasteiger partial charge is 0.416 e. The Labute approximate surface area is 196 Å². The van der Waals surface area contributed by atoms with Gasteiger partial charge in [-0.3, -0.25) is 0 Å². The van der Waals surface area contributed by atoms with E-state index < -0.39 is 17.3 Å². The Morgan fingerprint density at radius 3 is 2.53 bits per heavy atom. The van der Waals surface area contributed by atoms with E-state index >= 15 is 0 Å². The maximum Gasteiger partial charge on any atom is 0.416 e. The van der Waals surface area contributed by atoms with Crippen molar-refractivity contribution in [2.24, 2.45) is 5.41 Å². The van der Waals surface area contributed by atoms with Gasteiger partial charge in [-0.05, 0) is 52.7 Å². The van der Waals surface area contributed by atoms with Crippen LogP contribution in [0.1, 0.15) is 44.7 Å². The zero-order valence-electron chi connectivity index (χ0n) is 19.8. The number of carbonyl (C=O) groups is 1. The number of hydrogen-bond donors (Lipinski definition) is 0. The van der Waals surface area contributed by atoms with Crippen molar-refractivity contribution in [2.75, 3.05) is 31.1 Å². The van der Waals surface area contributed by atoms with Crippen LogP contribution in [0.5, 0.6) is 11.5 Å². The first-order valence-electron chi connectivity index (χ1n) is 11.2. The standard InChI is InChI=1S/C24H29F3N4O3/c1-16-17(24(25,26)27)6-5-7-18(16)33-19-12-28-15-29-20(19)30-10-8-23(13-30)9-11-31(14-23)21(32)34-22(2,3)4/h5-7,12,15H,8-11,13-14H2,1-4H3. The third kappa shape index (κ3) is 5.05. The first-order chi connectivity index (χ1) is 15.9. The maximum atomic E-state index is 13.3. The highest BCUT2D eigenvalue weighted by molar-refractivity contribution is 5.68. The van der Waals surface area contributed by atoms with E-state index in [4.69, 9.17) is 9.47 Å². The van der Waals surface area contributed by atoms with Crippen LogP contribution < -0.4 is 9.64 Å². The average molecular weight is 479 g/mol. The number of rotatable bonds is 3. The summed E-state index contributed by atoms with van der Waals surface area (Å²) in [6.45, 7) is 9.48. The molecule has 7 nitrogen and oxygen atoms in total. The highest BCUT2D eigenvalue weighted by Crippen LogP contribution is 2.44. The lowest BCUT2D eigenvalue weighted by atomic mass is 9.86. The Kier molecular flexibility index (Phi) is 6.12. The molecular formula is C24H29F3N4O3. The number of alkyl halides is 3. The molecule has 1 spiro atoms. The van der Waals surface area contributed by atoms with Crippen molar-refractivity contribution in [3.63, 3.8) is 0 Å². The SMILES string of the molecule is Cc1c(Oc2cncnc2N2CCC3(CCN(C(=O)OC(C)(C)C)C3)C2)cccc1C(F)(F)F. The lowest BCUT2D eigenvalue weighted by Crippen LogP contribution is -2.37. The number of hydrogen-bond acceptors (Lipinski definition) is 6. The van der Waals surface area contributed by atoms with E-state index in [1.807, 2.05) is 20.8 Å². The molecule has 2 aromatic rings. The van der Waals surface area contributed by atoms with Gasteiger partial charge in [0.15, 0.2) is 11.6 Å². The summed E-state index contributed by atoms with van der Waals surface area (Å²) in [5.41, 5.74) is -1.38. The average Bonchev–Trinajstić information content (AvgIpc) is 3.35. The zero-order valence-corrected chi connectivity index (χ0v) is 19.8. The normalized spacial score (nSPS) is 20.8. The summed E-state index contributed by atoms with van der Waals surface area (Å²) in [6.07, 6.45) is -0.213. The van der Waals surface area contributed by atoms with E-state index in [1.165, 1.54) is 31.6 Å². The number of ether oxygens (including phenoxy) is 2. The van der Waals surface area contributed by atoms with Gasteiger partial charge in [-0.2, -0.15) is 13.2 Å². The van der Waals surface area contributed by atoms with Gasteiger partial charge in [0.25, 0.3) is 0 Å². The highest BCUT2D eigenvalue weighted by atomic mass is 19.4. The second kappa shape index (κ2) is 8.63. The van der Waals surface area contributed by atoms with Crippen LogP contribution in [-0.2, 0) is 10.9 Å². The Hall–Kier alpha value is -3.04. The number of aromatic nitrogens is 2. The van der Waals surface area contributed by atoms with Crippen LogP contribution in [0.3, 0.4) is 0 Å². The second-order valence-electron chi connectivity index (χ2n) is 10.1. The number of anilines is 1. The van der Waals surface area contributed by atoms with Gasteiger partial charge in [-0.15, -0.1) is 0 Å². The summed E-state index contributed by atoms with van der Waals surface area (Å²) in [4.78, 5) is 24.7. The van der Waals surface area contributed by atoms with Crippen LogP contribution >= 0.6 is 0 Å². The predicted octanol–water partition coefficient (Wildman–Crippen LogP) is 5.43. The fourth-order valence-electron chi connectivity index (χ4n) is 4.64. The molecule has 10 heteroatoms. The minimum absolute atomic E-state index is 0.00601. The van der Waals surface area contributed by atoms with Crippen LogP contribution in [0.15, 0.2) is 30.7 Å². The molecule has 4 rings (SSSR count). The summed E-state index contributed by atoms with van der Waals surface area (Å²) in [6, 6.07) is 3.86. The minimum atomic E-state index is -4.47. The molecule has 2 fully saturated rings. The fourth-order valence-corrected chi connectivity index (χ4v) is 4.64. The van der Waals surface area contributed by atoms with E-state index in [0.717, 1.165) is 18.9 Å². The zero-order chi connectivity index (χ0) is 24.7. The molecule has 0 aliphatic carbocycles. The van der Waals surface area contributed by atoms with E-state index in [-0.39, 0.29) is 22.8 Å². The van der Waals surface area contributed by atoms with Gasteiger partial charge in [-0.25, -0.2) is 14.8 Å². The van der Waals surface area contributed by atoms with Crippen molar-refractivity contribution < 1.29 is 27.4 Å². The molecule has 1 atom stereocenters. The largest absolute Gasteiger partial charge is 0.452 e. The van der Waals surface area contributed by atoms with Gasteiger partial charge in [-0.1, -0.05) is 6.07 Å². The van der Waals surface area contributed by atoms with E-state index in [0.29, 0.717) is 37.7 Å². The van der Waals surface area contributed by atoms with Crippen LogP contribution in [0, 0.1) is 12.3 Å². The van der Waals surface area contributed by atoms with E-state index in [9.17, 15) is 18.0 Å². The van der Waals surface area contributed by atoms with Crippen LogP contribution in [-0.4, -0.2) is 52.7 Å². The number of likely N-dealkylation sites (tertiary alicyclic amines) is 1. The lowest BCUT2D eigenvalue weighted by Gasteiger charge is -2.27. The van der Waals surface area contributed by atoms with Crippen LogP contribution in [0.25, 0.3) is 0 Å². The van der Waals surface area contributed by atoms with Gasteiger partial charge in [0.1, 0.15) is 17.7 Å². The van der Waals surface area contributed by atoms with Gasteiger partial charge in [0.05, 0.1) is 11.8 Å². The Bertz CT molecular complexity index is 1070. The molecule has 2 aliphatic heterocycles. The third-order valence-corrected chi connectivity index (χ3v) is 6.30. The van der Waals surface area contributed by atoms with Gasteiger partial charge in [0, 0.05) is 37.2 Å². The fraction of sp³-hybridized carbons (Fsp3) is 0.542. The number of halogens is 3. The molecule has 0 bridgehead atoms. The van der Waals surface area contributed by atoms with Crippen molar-refractivity contribution in [2.45, 2.75) is 52.3 Å². The summed E-state index contributed by atoms with van der Waals surface area (Å²) < 4.78 is 51.4. The first kappa shape index (κ1) is 24.1. The molecule has 2 aliphatic rings. The lowest BCUT2D eigenvalue weighted by molar-refractivity contribution is -0.138. The predicted molar refractivity (Wildman–Crippen MR) is 120 cm³/mol. The minimum Gasteiger partial charge on any atom is -0.452 e. The molecule has 1 unspecified atom stereocenters. The van der Waals surface area contributed by atoms with Gasteiger partial charge < -0.3 is 19.3 Å². The second-order valence-corrected chi connectivity index (χ2v) is 10.1. The summed E-state index contributed by atoms with van der Waals surface area (Å²) in [5.74, 6) is 0.931. The summed E-state index contributed by atoms with van der Waals surface area (Å²) in [7, 11) is 0. The van der Waals surface area contributed by atoms with Crippen molar-refractivity contribution in [1.82, 2.24) is 14.9 Å². The molecule has 0 radical (unpaired) electrons. The molecule has 184 valence electrons. The van der Waals surface area contributed by atoms with Crippen molar-refractivity contribution >= 4 is 11.9 Å². The summed E-state index contributed by atoms with van der Waals surface area (Å²) in [5, 5.41) is 0. The number of nitrogens with zero attached hydrogens (tertiary/aromatic N) is 4. The summed E-state index contributed by atoms with van der Waals surface area (Å²) >= 11 is 0. The molecule has 34 heavy (non-hydrogen) atoms. The Balaban J connectivity index is 1.50. The third-order valence-electron chi connectivity index (χ3n) is 6.30. The number of benzene rings is 1. The number of amides is 1. The highest BCUT2D eigenvalue weighted by Gasteiger charge is 2.46. The quantitative estimate of drug-likeness (QED) is 0.586. The number of carbonyl (C=O) groups excluding carboxylic acids is 1. The van der Waals surface area contributed by atoms with Crippen molar-refractivity contribution in [3.8, 4) is 11.5 Å². The van der Waals surface area contributed by atoms with Crippen molar-refractivity contribution in [3.05, 3.63) is 41.9 Å². The monoisotopic (exact) mass is 478 g/mol. The Morgan fingerprint density at radius 1 is 1.09 bits per heavy atom. The molecule has 3 heterocycles. The Morgan fingerprint density at radius 2 is 1.82 bits per heavy atom. The molecular weight excluding hydrogens is 449 g/mol. The maximum absolute atomic E-state index is 13.3. The molecule has 0 saturated carbocycles. The van der Waals surface area contributed by atoms with Gasteiger partial charge in [0.2, 0.25) is 0 Å². The van der Waals surface area contributed by atoms with Crippen LogP contribution in [0.2, 0.25) is 0 Å². The van der Waals surface area contributed by atoms with Crippen LogP contribution in [0.4, 0.5) is 23.8 Å². The molecule has 1 aromatic carbocycles. The van der Waals surface area contributed by atoms with Crippen molar-refractivity contribution in [1.29, 1.82) is 0 Å². The molecule has 1 amide bonds. The van der Waals surface area contributed by atoms with Gasteiger partial charge >= 0.3 is 12.3 Å². The molecule has 2 saturated heterocycles. The van der Waals surface area contributed by atoms with E-state index in [1.54, 1.807) is 4.90 Å². The topological polar surface area (TPSA) is 67.8 Å². The molecule has 0 N–H and O–H groups in total. The van der Waals surface area contributed by atoms with E-state index in [2.05, 4.69) is 14.9 Å². The first-order valence-corrected chi connectivity index (χ1v) is 11.2.